The molecule has 166 valence electrons. The number of nitro groups is 1. The van der Waals surface area contributed by atoms with Gasteiger partial charge < -0.3 is 10.3 Å². The Morgan fingerprint density at radius 2 is 1.97 bits per heavy atom. The fraction of sp³-hybridized carbons (Fsp3) is 0.217. The van der Waals surface area contributed by atoms with Crippen molar-refractivity contribution in [1.82, 2.24) is 15.0 Å². The van der Waals surface area contributed by atoms with Gasteiger partial charge in [0, 0.05) is 53.9 Å². The molecule has 2 aliphatic rings. The summed E-state index contributed by atoms with van der Waals surface area (Å²) in [6.45, 7) is 0. The molecule has 3 heterocycles. The number of non-ortho nitro benzene ring substituents is 1. The second kappa shape index (κ2) is 8.62. The van der Waals surface area contributed by atoms with Gasteiger partial charge in [0.05, 0.1) is 10.5 Å². The number of rotatable bonds is 5. The third kappa shape index (κ3) is 4.05. The van der Waals surface area contributed by atoms with Crippen LogP contribution in [0, 0.1) is 10.1 Å². The molecule has 0 spiro atoms. The number of benzene rings is 1. The van der Waals surface area contributed by atoms with E-state index in [2.05, 4.69) is 20.3 Å². The van der Waals surface area contributed by atoms with E-state index in [0.29, 0.717) is 34.3 Å². The van der Waals surface area contributed by atoms with E-state index in [9.17, 15) is 19.7 Å². The molecule has 33 heavy (non-hydrogen) atoms. The molecule has 0 fully saturated rings. The van der Waals surface area contributed by atoms with Crippen molar-refractivity contribution < 1.29 is 9.72 Å². The number of anilines is 1. The minimum Gasteiger partial charge on any atom is -0.343 e. The van der Waals surface area contributed by atoms with Crippen LogP contribution in [0.15, 0.2) is 70.0 Å². The van der Waals surface area contributed by atoms with Crippen LogP contribution in [-0.2, 0) is 10.5 Å². The number of nitrogens with zero attached hydrogens (tertiary/aromatic N) is 3. The first kappa shape index (κ1) is 21.1. The van der Waals surface area contributed by atoms with Crippen molar-refractivity contribution in [3.63, 3.8) is 0 Å². The lowest BCUT2D eigenvalue weighted by Gasteiger charge is -2.32. The molecule has 5 rings (SSSR count). The average molecular weight is 462 g/mol. The average Bonchev–Trinajstić information content (AvgIpc) is 2.82. The molecule has 0 bridgehead atoms. The molecule has 0 unspecified atom stereocenters. The van der Waals surface area contributed by atoms with E-state index in [4.69, 9.17) is 0 Å². The third-order valence-corrected chi connectivity index (χ3v) is 6.72. The maximum Gasteiger partial charge on any atom is 0.269 e. The summed E-state index contributed by atoms with van der Waals surface area (Å²) in [4.78, 5) is 48.1. The van der Waals surface area contributed by atoms with Gasteiger partial charge in [0.2, 0.25) is 0 Å². The first-order valence-electron chi connectivity index (χ1n) is 10.4. The minimum absolute atomic E-state index is 0.0285. The molecular formula is C23H19N5O4S. The van der Waals surface area contributed by atoms with Crippen LogP contribution in [0.2, 0.25) is 0 Å². The van der Waals surface area contributed by atoms with E-state index in [1.54, 1.807) is 30.6 Å². The Morgan fingerprint density at radius 3 is 2.70 bits per heavy atom. The number of aromatic amines is 1. The number of aromatic nitrogens is 3. The SMILES string of the molecule is O=C1CCCC2=C1[C@H](c1cccnc1)c1c(nc(SCc3ccc([N+](=O)[O-])cc3)[nH]c1=O)N2. The lowest BCUT2D eigenvalue weighted by molar-refractivity contribution is -0.384. The number of Topliss-reactive ketones (excluding diaryl/α,β-unsaturated/α-hetero) is 1. The van der Waals surface area contributed by atoms with Crippen LogP contribution in [-0.4, -0.2) is 25.7 Å². The third-order valence-electron chi connectivity index (χ3n) is 5.78. The Hall–Kier alpha value is -3.79. The topological polar surface area (TPSA) is 131 Å². The number of thioether (sulfide) groups is 1. The summed E-state index contributed by atoms with van der Waals surface area (Å²) in [6.07, 6.45) is 5.27. The summed E-state index contributed by atoms with van der Waals surface area (Å²) in [6, 6.07) is 9.93. The number of H-pyrrole nitrogens is 1. The van der Waals surface area contributed by atoms with E-state index in [1.165, 1.54) is 23.9 Å². The number of hydrogen-bond acceptors (Lipinski definition) is 8. The molecule has 1 aliphatic heterocycles. The lowest BCUT2D eigenvalue weighted by Crippen LogP contribution is -2.32. The lowest BCUT2D eigenvalue weighted by atomic mass is 9.77. The highest BCUT2D eigenvalue weighted by Gasteiger charge is 2.37. The Balaban J connectivity index is 1.49. The quantitative estimate of drug-likeness (QED) is 0.253. The summed E-state index contributed by atoms with van der Waals surface area (Å²) in [7, 11) is 0. The molecule has 9 nitrogen and oxygen atoms in total. The van der Waals surface area contributed by atoms with E-state index in [1.807, 2.05) is 6.07 Å². The van der Waals surface area contributed by atoms with Gasteiger partial charge in [0.25, 0.3) is 11.2 Å². The molecular weight excluding hydrogens is 442 g/mol. The Morgan fingerprint density at radius 1 is 1.15 bits per heavy atom. The monoisotopic (exact) mass is 461 g/mol. The second-order valence-electron chi connectivity index (χ2n) is 7.86. The summed E-state index contributed by atoms with van der Waals surface area (Å²) in [5.41, 5.74) is 3.23. The number of allylic oxidation sites excluding steroid dienone is 2. The van der Waals surface area contributed by atoms with Crippen molar-refractivity contribution in [3.8, 4) is 0 Å². The van der Waals surface area contributed by atoms with Crippen LogP contribution >= 0.6 is 11.8 Å². The second-order valence-corrected chi connectivity index (χ2v) is 8.82. The van der Waals surface area contributed by atoms with Crippen molar-refractivity contribution >= 4 is 29.1 Å². The molecule has 0 amide bonds. The standard InChI is InChI=1S/C23H19N5O4S/c29-17-5-1-4-16-19(17)18(14-3-2-10-24-11-14)20-21(25-16)26-23(27-22(20)30)33-12-13-6-8-15(9-7-13)28(31)32/h2-3,6-11,18H,1,4-5,12H2,(H2,25,26,27,30)/t18-/m0/s1. The van der Waals surface area contributed by atoms with Gasteiger partial charge in [0.1, 0.15) is 5.82 Å². The zero-order chi connectivity index (χ0) is 22.9. The molecule has 10 heteroatoms. The Kier molecular flexibility index (Phi) is 5.51. The highest BCUT2D eigenvalue weighted by Crippen LogP contribution is 2.43. The predicted molar refractivity (Wildman–Crippen MR) is 123 cm³/mol. The van der Waals surface area contributed by atoms with E-state index in [0.717, 1.165) is 29.7 Å². The van der Waals surface area contributed by atoms with Gasteiger partial charge in [-0.25, -0.2) is 4.98 Å². The van der Waals surface area contributed by atoms with Crippen molar-refractivity contribution in [2.45, 2.75) is 36.1 Å². The predicted octanol–water partition coefficient (Wildman–Crippen LogP) is 3.93. The maximum absolute atomic E-state index is 13.2. The number of hydrogen-bond donors (Lipinski definition) is 2. The largest absolute Gasteiger partial charge is 0.343 e. The molecule has 3 aromatic rings. The van der Waals surface area contributed by atoms with E-state index in [-0.39, 0.29) is 17.0 Å². The van der Waals surface area contributed by atoms with E-state index >= 15 is 0 Å². The Labute approximate surface area is 192 Å². The maximum atomic E-state index is 13.2. The van der Waals surface area contributed by atoms with Crippen molar-refractivity contribution in [2.24, 2.45) is 0 Å². The first-order valence-corrected chi connectivity index (χ1v) is 11.4. The summed E-state index contributed by atoms with van der Waals surface area (Å²) >= 11 is 1.33. The van der Waals surface area contributed by atoms with Gasteiger partial charge in [-0.2, -0.15) is 0 Å². The molecule has 2 aromatic heterocycles. The van der Waals surface area contributed by atoms with Crippen molar-refractivity contribution in [3.05, 3.63) is 97.2 Å². The highest BCUT2D eigenvalue weighted by atomic mass is 32.2. The number of nitrogens with one attached hydrogen (secondary N) is 2. The zero-order valence-corrected chi connectivity index (χ0v) is 18.2. The van der Waals surface area contributed by atoms with Crippen LogP contribution in [0.5, 0.6) is 0 Å². The van der Waals surface area contributed by atoms with Gasteiger partial charge in [-0.3, -0.25) is 24.7 Å². The van der Waals surface area contributed by atoms with Crippen LogP contribution in [0.3, 0.4) is 0 Å². The molecule has 1 atom stereocenters. The Bertz CT molecular complexity index is 1340. The van der Waals surface area contributed by atoms with Gasteiger partial charge in [-0.1, -0.05) is 30.0 Å². The normalized spacial score (nSPS) is 17.2. The number of carbonyl (C=O) groups is 1. The van der Waals surface area contributed by atoms with Crippen molar-refractivity contribution in [2.75, 3.05) is 5.32 Å². The molecule has 1 aromatic carbocycles. The number of carbonyl (C=O) groups excluding carboxylic acids is 1. The fourth-order valence-electron chi connectivity index (χ4n) is 4.25. The van der Waals surface area contributed by atoms with Crippen LogP contribution in [0.1, 0.15) is 41.9 Å². The molecule has 0 saturated carbocycles. The van der Waals surface area contributed by atoms with E-state index < -0.39 is 10.8 Å². The fourth-order valence-corrected chi connectivity index (χ4v) is 5.07. The summed E-state index contributed by atoms with van der Waals surface area (Å²) in [5, 5.41) is 14.5. The smallest absolute Gasteiger partial charge is 0.269 e. The summed E-state index contributed by atoms with van der Waals surface area (Å²) < 4.78 is 0. The van der Waals surface area contributed by atoms with Gasteiger partial charge >= 0.3 is 0 Å². The summed E-state index contributed by atoms with van der Waals surface area (Å²) in [5.74, 6) is 0.465. The molecule has 0 radical (unpaired) electrons. The number of pyridine rings is 1. The number of ketones is 1. The zero-order valence-electron chi connectivity index (χ0n) is 17.4. The minimum atomic E-state index is -0.511. The highest BCUT2D eigenvalue weighted by molar-refractivity contribution is 7.98. The van der Waals surface area contributed by atoms with Crippen LogP contribution in [0.4, 0.5) is 11.5 Å². The molecule has 1 aliphatic carbocycles. The van der Waals surface area contributed by atoms with Crippen LogP contribution in [0.25, 0.3) is 0 Å². The van der Waals surface area contributed by atoms with Gasteiger partial charge in [0.15, 0.2) is 10.9 Å². The van der Waals surface area contributed by atoms with Crippen LogP contribution < -0.4 is 10.9 Å². The van der Waals surface area contributed by atoms with Gasteiger partial charge in [-0.15, -0.1) is 0 Å². The molecule has 2 N–H and O–H groups in total. The first-order chi connectivity index (χ1) is 16.0. The molecule has 0 saturated heterocycles. The van der Waals surface area contributed by atoms with Crippen molar-refractivity contribution in [1.29, 1.82) is 0 Å². The number of fused-ring (bicyclic) bond motifs is 1. The van der Waals surface area contributed by atoms with Gasteiger partial charge in [-0.05, 0) is 30.0 Å². The number of nitro benzene ring substituents is 1.